The molecule has 22 heavy (non-hydrogen) atoms. The van der Waals surface area contributed by atoms with E-state index < -0.39 is 10.0 Å². The van der Waals surface area contributed by atoms with E-state index >= 15 is 0 Å². The number of sulfonamides is 1. The molecule has 3 rings (SSSR count). The second-order valence-electron chi connectivity index (χ2n) is 5.86. The Bertz CT molecular complexity index is 647. The number of ether oxygens (including phenoxy) is 2. The summed E-state index contributed by atoms with van der Waals surface area (Å²) >= 11 is 0. The summed E-state index contributed by atoms with van der Waals surface area (Å²) in [5.74, 6) is 1.38. The molecule has 2 heterocycles. The molecule has 1 aromatic rings. The number of nitrogens with zero attached hydrogens (tertiary/aromatic N) is 1. The molecule has 0 aromatic heterocycles. The maximum absolute atomic E-state index is 12.6. The third kappa shape index (κ3) is 3.06. The fraction of sp³-hybridized carbons (Fsp3) is 0.600. The molecule has 122 valence electrons. The van der Waals surface area contributed by atoms with Crippen LogP contribution < -0.4 is 14.2 Å². The quantitative estimate of drug-likeness (QED) is 0.897. The molecule has 2 aliphatic heterocycles. The Labute approximate surface area is 131 Å². The minimum Gasteiger partial charge on any atom is -0.486 e. The van der Waals surface area contributed by atoms with Gasteiger partial charge in [-0.1, -0.05) is 13.8 Å². The van der Waals surface area contributed by atoms with Crippen LogP contribution in [0.5, 0.6) is 11.5 Å². The Morgan fingerprint density at radius 2 is 1.95 bits per heavy atom. The van der Waals surface area contributed by atoms with Crippen molar-refractivity contribution in [2.75, 3.05) is 32.8 Å². The predicted molar refractivity (Wildman–Crippen MR) is 82.8 cm³/mol. The van der Waals surface area contributed by atoms with Crippen LogP contribution in [0.3, 0.4) is 0 Å². The van der Waals surface area contributed by atoms with Crippen molar-refractivity contribution in [2.45, 2.75) is 24.8 Å². The Balaban J connectivity index is 1.78. The first-order valence-electron chi connectivity index (χ1n) is 7.64. The zero-order valence-corrected chi connectivity index (χ0v) is 13.7. The summed E-state index contributed by atoms with van der Waals surface area (Å²) in [6.45, 7) is 7.70. The fourth-order valence-corrected chi connectivity index (χ4v) is 4.29. The van der Waals surface area contributed by atoms with Gasteiger partial charge in [-0.3, -0.25) is 0 Å². The van der Waals surface area contributed by atoms with E-state index in [1.54, 1.807) is 12.1 Å². The maximum Gasteiger partial charge on any atom is 0.241 e. The standard InChI is InChI=1S/C15H22N2O4S/c1-3-17-9-11(2)13(10-17)16-22(18,19)12-4-5-14-15(8-12)21-7-6-20-14/h4-5,8,11,13,16H,3,6-7,9-10H2,1-2H3. The Hall–Kier alpha value is -1.31. The molecule has 2 atom stereocenters. The van der Waals surface area contributed by atoms with Crippen LogP contribution >= 0.6 is 0 Å². The smallest absolute Gasteiger partial charge is 0.241 e. The van der Waals surface area contributed by atoms with Crippen LogP contribution in [0.15, 0.2) is 23.1 Å². The predicted octanol–water partition coefficient (Wildman–Crippen LogP) is 1.08. The monoisotopic (exact) mass is 326 g/mol. The summed E-state index contributed by atoms with van der Waals surface area (Å²) in [5.41, 5.74) is 0. The molecule has 0 bridgehead atoms. The molecular weight excluding hydrogens is 304 g/mol. The van der Waals surface area contributed by atoms with Crippen LogP contribution in [0.2, 0.25) is 0 Å². The van der Waals surface area contributed by atoms with Gasteiger partial charge in [0, 0.05) is 25.2 Å². The zero-order valence-electron chi connectivity index (χ0n) is 12.9. The molecule has 0 radical (unpaired) electrons. The van der Waals surface area contributed by atoms with E-state index in [1.807, 2.05) is 0 Å². The van der Waals surface area contributed by atoms with Gasteiger partial charge in [-0.25, -0.2) is 13.1 Å². The van der Waals surface area contributed by atoms with Crippen LogP contribution in [0.1, 0.15) is 13.8 Å². The Morgan fingerprint density at radius 3 is 2.64 bits per heavy atom. The first-order chi connectivity index (χ1) is 10.5. The number of likely N-dealkylation sites (tertiary alicyclic amines) is 1. The number of hydrogen-bond acceptors (Lipinski definition) is 5. The fourth-order valence-electron chi connectivity index (χ4n) is 2.94. The third-order valence-corrected chi connectivity index (χ3v) is 5.75. The Kier molecular flexibility index (Phi) is 4.29. The number of nitrogens with one attached hydrogen (secondary N) is 1. The molecular formula is C15H22N2O4S. The third-order valence-electron chi connectivity index (χ3n) is 4.27. The van der Waals surface area contributed by atoms with Crippen LogP contribution in [0.4, 0.5) is 0 Å². The summed E-state index contributed by atoms with van der Waals surface area (Å²) in [5, 5.41) is 0. The molecule has 2 unspecified atom stereocenters. The van der Waals surface area contributed by atoms with Crippen LogP contribution in [0.25, 0.3) is 0 Å². The van der Waals surface area contributed by atoms with Gasteiger partial charge in [0.05, 0.1) is 4.90 Å². The van der Waals surface area contributed by atoms with Gasteiger partial charge < -0.3 is 14.4 Å². The van der Waals surface area contributed by atoms with Crippen molar-refractivity contribution >= 4 is 10.0 Å². The van der Waals surface area contributed by atoms with Crippen molar-refractivity contribution in [2.24, 2.45) is 5.92 Å². The van der Waals surface area contributed by atoms with E-state index in [2.05, 4.69) is 23.5 Å². The molecule has 1 saturated heterocycles. The Morgan fingerprint density at radius 1 is 1.23 bits per heavy atom. The number of likely N-dealkylation sites (N-methyl/N-ethyl adjacent to an activating group) is 1. The number of fused-ring (bicyclic) bond motifs is 1. The second kappa shape index (κ2) is 6.06. The lowest BCUT2D eigenvalue weighted by atomic mass is 10.1. The molecule has 1 aromatic carbocycles. The van der Waals surface area contributed by atoms with Gasteiger partial charge in [0.1, 0.15) is 13.2 Å². The van der Waals surface area contributed by atoms with Gasteiger partial charge in [-0.2, -0.15) is 0 Å². The largest absolute Gasteiger partial charge is 0.486 e. The van der Waals surface area contributed by atoms with E-state index in [4.69, 9.17) is 9.47 Å². The van der Waals surface area contributed by atoms with Gasteiger partial charge in [-0.15, -0.1) is 0 Å². The number of rotatable bonds is 4. The highest BCUT2D eigenvalue weighted by Gasteiger charge is 2.32. The lowest BCUT2D eigenvalue weighted by molar-refractivity contribution is 0.171. The van der Waals surface area contributed by atoms with Crippen molar-refractivity contribution in [3.05, 3.63) is 18.2 Å². The maximum atomic E-state index is 12.6. The minimum absolute atomic E-state index is 0.0573. The molecule has 6 nitrogen and oxygen atoms in total. The van der Waals surface area contributed by atoms with Crippen molar-refractivity contribution in [1.82, 2.24) is 9.62 Å². The van der Waals surface area contributed by atoms with Gasteiger partial charge in [0.25, 0.3) is 0 Å². The van der Waals surface area contributed by atoms with E-state index in [0.29, 0.717) is 30.6 Å². The summed E-state index contributed by atoms with van der Waals surface area (Å²) in [4.78, 5) is 2.47. The summed E-state index contributed by atoms with van der Waals surface area (Å²) < 4.78 is 38.9. The minimum atomic E-state index is -3.55. The van der Waals surface area contributed by atoms with Crippen molar-refractivity contribution in [3.8, 4) is 11.5 Å². The lowest BCUT2D eigenvalue weighted by Crippen LogP contribution is -2.39. The highest BCUT2D eigenvalue weighted by molar-refractivity contribution is 7.89. The molecule has 1 fully saturated rings. The van der Waals surface area contributed by atoms with Crippen molar-refractivity contribution in [1.29, 1.82) is 0 Å². The second-order valence-corrected chi connectivity index (χ2v) is 7.58. The van der Waals surface area contributed by atoms with E-state index in [1.165, 1.54) is 6.07 Å². The normalized spacial score (nSPS) is 25.4. The number of hydrogen-bond donors (Lipinski definition) is 1. The summed E-state index contributed by atoms with van der Waals surface area (Å²) in [7, 11) is -3.55. The molecule has 2 aliphatic rings. The molecule has 7 heteroatoms. The van der Waals surface area contributed by atoms with Crippen molar-refractivity contribution in [3.63, 3.8) is 0 Å². The SMILES string of the molecule is CCN1CC(C)C(NS(=O)(=O)c2ccc3c(c2)OCCO3)C1. The average molecular weight is 326 g/mol. The summed E-state index contributed by atoms with van der Waals surface area (Å²) in [6, 6.07) is 4.69. The molecule has 0 aliphatic carbocycles. The van der Waals surface area contributed by atoms with Crippen molar-refractivity contribution < 1.29 is 17.9 Å². The van der Waals surface area contributed by atoms with Crippen LogP contribution in [-0.4, -0.2) is 52.2 Å². The van der Waals surface area contributed by atoms with E-state index in [0.717, 1.165) is 19.6 Å². The van der Waals surface area contributed by atoms with E-state index in [-0.39, 0.29) is 10.9 Å². The molecule has 0 saturated carbocycles. The van der Waals surface area contributed by atoms with Gasteiger partial charge in [0.2, 0.25) is 10.0 Å². The van der Waals surface area contributed by atoms with Crippen LogP contribution in [-0.2, 0) is 10.0 Å². The molecule has 0 amide bonds. The molecule has 1 N–H and O–H groups in total. The van der Waals surface area contributed by atoms with E-state index in [9.17, 15) is 8.42 Å². The number of benzene rings is 1. The average Bonchev–Trinajstić information content (AvgIpc) is 2.86. The first kappa shape index (κ1) is 15.6. The van der Waals surface area contributed by atoms with Crippen LogP contribution in [0, 0.1) is 5.92 Å². The lowest BCUT2D eigenvalue weighted by Gasteiger charge is -2.20. The topological polar surface area (TPSA) is 67.9 Å². The first-order valence-corrected chi connectivity index (χ1v) is 9.12. The van der Waals surface area contributed by atoms with Gasteiger partial charge >= 0.3 is 0 Å². The molecule has 0 spiro atoms. The highest BCUT2D eigenvalue weighted by atomic mass is 32.2. The summed E-state index contributed by atoms with van der Waals surface area (Å²) in [6.07, 6.45) is 0. The van der Waals surface area contributed by atoms with Gasteiger partial charge in [-0.05, 0) is 24.6 Å². The highest BCUT2D eigenvalue weighted by Crippen LogP contribution is 2.32. The van der Waals surface area contributed by atoms with Gasteiger partial charge in [0.15, 0.2) is 11.5 Å². The zero-order chi connectivity index (χ0) is 15.7.